The molecule has 1 fully saturated rings. The van der Waals surface area contributed by atoms with Crippen LogP contribution in [0.15, 0.2) is 24.3 Å². The highest BCUT2D eigenvalue weighted by Gasteiger charge is 2.18. The minimum atomic E-state index is -0.788. The fourth-order valence-corrected chi connectivity index (χ4v) is 3.39. The summed E-state index contributed by atoms with van der Waals surface area (Å²) in [4.78, 5) is 28.3. The summed E-state index contributed by atoms with van der Waals surface area (Å²) in [5.41, 5.74) is 1.23. The number of amides is 3. The van der Waals surface area contributed by atoms with Crippen LogP contribution >= 0.6 is 0 Å². The number of carbonyl (C=O) groups is 2. The molecule has 0 bridgehead atoms. The lowest BCUT2D eigenvalue weighted by Crippen LogP contribution is -2.39. The molecule has 0 radical (unpaired) electrons. The van der Waals surface area contributed by atoms with E-state index in [9.17, 15) is 14.7 Å². The Hall–Kier alpha value is -2.16. The van der Waals surface area contributed by atoms with E-state index in [0.717, 1.165) is 25.9 Å². The number of rotatable bonds is 10. The zero-order valence-electron chi connectivity index (χ0n) is 19.0. The van der Waals surface area contributed by atoms with Gasteiger partial charge in [0.25, 0.3) is 5.91 Å². The SMILES string of the molecule is CC(C)OCCOCC(O)CN(C)C(=O)Nc1ccc(C(=O)N2CCCCCC2)cc1. The smallest absolute Gasteiger partial charge is 0.321 e. The number of aliphatic hydroxyl groups excluding tert-OH is 1. The minimum absolute atomic E-state index is 0.0406. The van der Waals surface area contributed by atoms with Crippen LogP contribution in [0.3, 0.4) is 0 Å². The lowest BCUT2D eigenvalue weighted by atomic mass is 10.1. The van der Waals surface area contributed by atoms with Crippen molar-refractivity contribution in [2.24, 2.45) is 0 Å². The maximum absolute atomic E-state index is 12.7. The molecule has 1 unspecified atom stereocenters. The predicted molar refractivity (Wildman–Crippen MR) is 120 cm³/mol. The van der Waals surface area contributed by atoms with E-state index in [1.54, 1.807) is 31.3 Å². The molecule has 1 saturated heterocycles. The van der Waals surface area contributed by atoms with E-state index in [2.05, 4.69) is 5.32 Å². The van der Waals surface area contributed by atoms with Crippen molar-refractivity contribution >= 4 is 17.6 Å². The summed E-state index contributed by atoms with van der Waals surface area (Å²) in [6.45, 7) is 6.64. The van der Waals surface area contributed by atoms with E-state index in [1.165, 1.54) is 17.7 Å². The number of carbonyl (C=O) groups excluding carboxylic acids is 2. The molecule has 31 heavy (non-hydrogen) atoms. The van der Waals surface area contributed by atoms with Gasteiger partial charge in [0.05, 0.1) is 38.6 Å². The monoisotopic (exact) mass is 435 g/mol. The van der Waals surface area contributed by atoms with Crippen molar-refractivity contribution in [3.63, 3.8) is 0 Å². The van der Waals surface area contributed by atoms with Gasteiger partial charge in [-0.15, -0.1) is 0 Å². The quantitative estimate of drug-likeness (QED) is 0.552. The van der Waals surface area contributed by atoms with Crippen LogP contribution in [-0.4, -0.2) is 85.6 Å². The second-order valence-corrected chi connectivity index (χ2v) is 8.24. The second-order valence-electron chi connectivity index (χ2n) is 8.24. The van der Waals surface area contributed by atoms with Gasteiger partial charge in [0.15, 0.2) is 0 Å². The molecule has 8 heteroatoms. The van der Waals surface area contributed by atoms with Gasteiger partial charge in [0.1, 0.15) is 0 Å². The Kier molecular flexibility index (Phi) is 10.8. The van der Waals surface area contributed by atoms with Gasteiger partial charge in [-0.2, -0.15) is 0 Å². The van der Waals surface area contributed by atoms with Gasteiger partial charge in [-0.25, -0.2) is 4.79 Å². The molecule has 174 valence electrons. The number of benzene rings is 1. The number of urea groups is 1. The average Bonchev–Trinajstić information content (AvgIpc) is 3.03. The Bertz CT molecular complexity index is 672. The Labute approximate surface area is 185 Å². The third kappa shape index (κ3) is 9.25. The Morgan fingerprint density at radius 3 is 2.35 bits per heavy atom. The van der Waals surface area contributed by atoms with E-state index < -0.39 is 6.10 Å². The molecule has 0 aromatic heterocycles. The first-order valence-corrected chi connectivity index (χ1v) is 11.2. The maximum Gasteiger partial charge on any atom is 0.321 e. The Morgan fingerprint density at radius 1 is 1.10 bits per heavy atom. The van der Waals surface area contributed by atoms with Crippen molar-refractivity contribution < 1.29 is 24.2 Å². The van der Waals surface area contributed by atoms with Crippen LogP contribution in [0.4, 0.5) is 10.5 Å². The number of hydrogen-bond acceptors (Lipinski definition) is 5. The average molecular weight is 436 g/mol. The zero-order valence-corrected chi connectivity index (χ0v) is 19.0. The van der Waals surface area contributed by atoms with Crippen molar-refractivity contribution in [3.05, 3.63) is 29.8 Å². The largest absolute Gasteiger partial charge is 0.389 e. The number of likely N-dealkylation sites (tertiary alicyclic amines) is 1. The van der Waals surface area contributed by atoms with Gasteiger partial charge >= 0.3 is 6.03 Å². The van der Waals surface area contributed by atoms with Crippen LogP contribution in [0.2, 0.25) is 0 Å². The fourth-order valence-electron chi connectivity index (χ4n) is 3.39. The highest BCUT2D eigenvalue weighted by atomic mass is 16.5. The maximum atomic E-state index is 12.7. The molecule has 1 aromatic carbocycles. The molecule has 1 aliphatic heterocycles. The van der Waals surface area contributed by atoms with Gasteiger partial charge in [0.2, 0.25) is 0 Å². The molecule has 2 rings (SSSR count). The highest BCUT2D eigenvalue weighted by Crippen LogP contribution is 2.16. The first-order chi connectivity index (χ1) is 14.9. The number of nitrogens with zero attached hydrogens (tertiary/aromatic N) is 2. The number of ether oxygens (including phenoxy) is 2. The fraction of sp³-hybridized carbons (Fsp3) is 0.652. The third-order valence-corrected chi connectivity index (χ3v) is 5.10. The van der Waals surface area contributed by atoms with Crippen LogP contribution in [0, 0.1) is 0 Å². The summed E-state index contributed by atoms with van der Waals surface area (Å²) in [6, 6.07) is 6.60. The topological polar surface area (TPSA) is 91.3 Å². The summed E-state index contributed by atoms with van der Waals surface area (Å²) in [6.07, 6.45) is 3.81. The number of nitrogens with one attached hydrogen (secondary N) is 1. The summed E-state index contributed by atoms with van der Waals surface area (Å²) < 4.78 is 10.7. The third-order valence-electron chi connectivity index (χ3n) is 5.10. The molecule has 1 heterocycles. The normalized spacial score (nSPS) is 15.5. The summed E-state index contributed by atoms with van der Waals surface area (Å²) in [7, 11) is 1.61. The molecule has 1 aliphatic rings. The Morgan fingerprint density at radius 2 is 1.74 bits per heavy atom. The van der Waals surface area contributed by atoms with Crippen LogP contribution in [0.1, 0.15) is 49.9 Å². The van der Waals surface area contributed by atoms with Crippen LogP contribution in [0.5, 0.6) is 0 Å². The van der Waals surface area contributed by atoms with Crippen LogP contribution < -0.4 is 5.32 Å². The molecule has 3 amide bonds. The van der Waals surface area contributed by atoms with Gasteiger partial charge in [-0.3, -0.25) is 4.79 Å². The van der Waals surface area contributed by atoms with Crippen molar-refractivity contribution in [2.45, 2.75) is 51.7 Å². The van der Waals surface area contributed by atoms with Crippen molar-refractivity contribution in [1.82, 2.24) is 9.80 Å². The first kappa shape index (κ1) is 25.1. The van der Waals surface area contributed by atoms with E-state index >= 15 is 0 Å². The van der Waals surface area contributed by atoms with E-state index in [1.807, 2.05) is 18.7 Å². The molecule has 8 nitrogen and oxygen atoms in total. The first-order valence-electron chi connectivity index (χ1n) is 11.2. The molecule has 1 aromatic rings. The lowest BCUT2D eigenvalue weighted by molar-refractivity contribution is -0.0144. The zero-order chi connectivity index (χ0) is 22.6. The molecule has 0 aliphatic carbocycles. The molecular formula is C23H37N3O5. The van der Waals surface area contributed by atoms with Gasteiger partial charge in [-0.1, -0.05) is 12.8 Å². The van der Waals surface area contributed by atoms with E-state index in [0.29, 0.717) is 24.5 Å². The van der Waals surface area contributed by atoms with E-state index in [4.69, 9.17) is 9.47 Å². The van der Waals surface area contributed by atoms with E-state index in [-0.39, 0.29) is 31.2 Å². The van der Waals surface area contributed by atoms with Crippen LogP contribution in [0.25, 0.3) is 0 Å². The molecule has 1 atom stereocenters. The highest BCUT2D eigenvalue weighted by molar-refractivity contribution is 5.95. The second kappa shape index (κ2) is 13.3. The number of likely N-dealkylation sites (N-methyl/N-ethyl adjacent to an activating group) is 1. The van der Waals surface area contributed by atoms with Gasteiger partial charge in [0, 0.05) is 31.4 Å². The Balaban J connectivity index is 1.74. The molecular weight excluding hydrogens is 398 g/mol. The van der Waals surface area contributed by atoms with Gasteiger partial charge < -0.3 is 29.7 Å². The minimum Gasteiger partial charge on any atom is -0.389 e. The van der Waals surface area contributed by atoms with Crippen molar-refractivity contribution in [2.75, 3.05) is 51.8 Å². The van der Waals surface area contributed by atoms with Crippen molar-refractivity contribution in [1.29, 1.82) is 0 Å². The molecule has 0 saturated carbocycles. The van der Waals surface area contributed by atoms with Gasteiger partial charge in [-0.05, 0) is 51.0 Å². The van der Waals surface area contributed by atoms with Crippen molar-refractivity contribution in [3.8, 4) is 0 Å². The van der Waals surface area contributed by atoms with Crippen LogP contribution in [-0.2, 0) is 9.47 Å². The number of anilines is 1. The molecule has 0 spiro atoms. The number of aliphatic hydroxyl groups is 1. The molecule has 2 N–H and O–H groups in total. The summed E-state index contributed by atoms with van der Waals surface area (Å²) >= 11 is 0. The standard InChI is InChI=1S/C23H37N3O5/c1-18(2)31-15-14-30-17-21(27)16-25(3)23(29)24-20-10-8-19(9-11-20)22(28)26-12-6-4-5-7-13-26/h8-11,18,21,27H,4-7,12-17H2,1-3H3,(H,24,29). The summed E-state index contributed by atoms with van der Waals surface area (Å²) in [5, 5.41) is 12.8. The predicted octanol–water partition coefficient (Wildman–Crippen LogP) is 2.97. The summed E-state index contributed by atoms with van der Waals surface area (Å²) in [5.74, 6) is 0.0406. The number of hydrogen-bond donors (Lipinski definition) is 2. The lowest BCUT2D eigenvalue weighted by Gasteiger charge is -2.22.